The molecule has 0 bridgehead atoms. The molecule has 0 aliphatic heterocycles. The lowest BCUT2D eigenvalue weighted by Gasteiger charge is -2.38. The third-order valence-corrected chi connectivity index (χ3v) is 4.75. The number of benzene rings is 1. The highest BCUT2D eigenvalue weighted by Gasteiger charge is 2.36. The average molecular weight is 250 g/mol. The van der Waals surface area contributed by atoms with Crippen molar-refractivity contribution in [1.29, 1.82) is 5.26 Å². The molecule has 1 aliphatic carbocycles. The van der Waals surface area contributed by atoms with Gasteiger partial charge in [-0.1, -0.05) is 6.07 Å². The minimum Gasteiger partial charge on any atom is -0.207 e. The molecule has 0 spiro atoms. The summed E-state index contributed by atoms with van der Waals surface area (Å²) in [4.78, 5) is 0.157. The summed E-state index contributed by atoms with van der Waals surface area (Å²) >= 11 is 0. The van der Waals surface area contributed by atoms with Gasteiger partial charge in [-0.15, -0.1) is 0 Å². The van der Waals surface area contributed by atoms with Crippen LogP contribution in [0.2, 0.25) is 0 Å². The Kier molecular flexibility index (Phi) is 2.94. The van der Waals surface area contributed by atoms with E-state index >= 15 is 0 Å². The number of nitriles is 1. The second-order valence-electron chi connectivity index (χ2n) is 4.66. The second kappa shape index (κ2) is 4.13. The van der Waals surface area contributed by atoms with Crippen LogP contribution in [-0.2, 0) is 10.0 Å². The topological polar surface area (TPSA) is 70.0 Å². The average Bonchev–Trinajstić information content (AvgIpc) is 2.26. The van der Waals surface area contributed by atoms with Crippen molar-refractivity contribution in [2.45, 2.75) is 36.6 Å². The molecule has 0 unspecified atom stereocenters. The molecule has 5 heteroatoms. The Morgan fingerprint density at radius 3 is 2.65 bits per heavy atom. The molecule has 0 atom stereocenters. The number of nitrogens with zero attached hydrogens (tertiary/aromatic N) is 1. The summed E-state index contributed by atoms with van der Waals surface area (Å²) in [6.45, 7) is 1.90. The van der Waals surface area contributed by atoms with Gasteiger partial charge in [0.1, 0.15) is 0 Å². The van der Waals surface area contributed by atoms with E-state index in [2.05, 4.69) is 4.72 Å². The molecule has 90 valence electrons. The van der Waals surface area contributed by atoms with Crippen LogP contribution in [0.15, 0.2) is 29.2 Å². The predicted octanol–water partition coefficient (Wildman–Crippen LogP) is 1.78. The highest BCUT2D eigenvalue weighted by Crippen LogP contribution is 2.32. The van der Waals surface area contributed by atoms with Gasteiger partial charge in [-0.05, 0) is 44.4 Å². The first-order valence-electron chi connectivity index (χ1n) is 5.49. The van der Waals surface area contributed by atoms with E-state index in [1.54, 1.807) is 12.1 Å². The minimum absolute atomic E-state index is 0.157. The maximum Gasteiger partial charge on any atom is 0.241 e. The lowest BCUT2D eigenvalue weighted by atomic mass is 9.80. The number of hydrogen-bond acceptors (Lipinski definition) is 3. The smallest absolute Gasteiger partial charge is 0.207 e. The van der Waals surface area contributed by atoms with E-state index in [-0.39, 0.29) is 10.4 Å². The summed E-state index contributed by atoms with van der Waals surface area (Å²) in [7, 11) is -3.51. The fraction of sp³-hybridized carbons (Fsp3) is 0.417. The summed E-state index contributed by atoms with van der Waals surface area (Å²) in [5.74, 6) is 0. The number of sulfonamides is 1. The van der Waals surface area contributed by atoms with E-state index in [1.165, 1.54) is 12.1 Å². The normalized spacial score (nSPS) is 18.1. The monoisotopic (exact) mass is 250 g/mol. The molecule has 0 radical (unpaired) electrons. The van der Waals surface area contributed by atoms with E-state index < -0.39 is 10.0 Å². The maximum absolute atomic E-state index is 12.1. The number of hydrogen-bond donors (Lipinski definition) is 1. The molecule has 1 aromatic rings. The standard InChI is InChI=1S/C12H14N2O2S/c1-12(6-3-7-12)14-17(15,16)11-5-2-4-10(8-11)9-13/h2,4-5,8,14H,3,6-7H2,1H3. The van der Waals surface area contributed by atoms with Gasteiger partial charge in [0.25, 0.3) is 0 Å². The minimum atomic E-state index is -3.51. The highest BCUT2D eigenvalue weighted by molar-refractivity contribution is 7.89. The first-order valence-corrected chi connectivity index (χ1v) is 6.98. The molecule has 4 nitrogen and oxygen atoms in total. The van der Waals surface area contributed by atoms with Crippen LogP contribution in [0, 0.1) is 11.3 Å². The molecule has 17 heavy (non-hydrogen) atoms. The van der Waals surface area contributed by atoms with Gasteiger partial charge >= 0.3 is 0 Å². The van der Waals surface area contributed by atoms with Gasteiger partial charge in [0, 0.05) is 5.54 Å². The molecule has 1 aromatic carbocycles. The van der Waals surface area contributed by atoms with E-state index in [0.717, 1.165) is 19.3 Å². The Bertz CT molecular complexity index is 568. The van der Waals surface area contributed by atoms with Gasteiger partial charge in [-0.25, -0.2) is 13.1 Å². The first-order chi connectivity index (χ1) is 7.95. The first kappa shape index (κ1) is 12.1. The van der Waals surface area contributed by atoms with E-state index in [9.17, 15) is 8.42 Å². The Labute approximate surface area is 101 Å². The number of nitrogens with one attached hydrogen (secondary N) is 1. The molecule has 0 amide bonds. The van der Waals surface area contributed by atoms with Crippen molar-refractivity contribution in [1.82, 2.24) is 4.72 Å². The van der Waals surface area contributed by atoms with Gasteiger partial charge in [0.05, 0.1) is 16.5 Å². The molecular weight excluding hydrogens is 236 g/mol. The molecule has 1 fully saturated rings. The van der Waals surface area contributed by atoms with Gasteiger partial charge in [-0.3, -0.25) is 0 Å². The van der Waals surface area contributed by atoms with E-state index in [0.29, 0.717) is 5.56 Å². The Balaban J connectivity index is 2.28. The zero-order valence-corrected chi connectivity index (χ0v) is 10.4. The van der Waals surface area contributed by atoms with Crippen LogP contribution in [0.4, 0.5) is 0 Å². The number of rotatable bonds is 3. The van der Waals surface area contributed by atoms with Crippen molar-refractivity contribution in [3.8, 4) is 6.07 Å². The molecule has 0 saturated heterocycles. The van der Waals surface area contributed by atoms with Crippen molar-refractivity contribution in [3.63, 3.8) is 0 Å². The molecule has 1 N–H and O–H groups in total. The van der Waals surface area contributed by atoms with Crippen LogP contribution in [-0.4, -0.2) is 14.0 Å². The van der Waals surface area contributed by atoms with Crippen molar-refractivity contribution in [2.24, 2.45) is 0 Å². The van der Waals surface area contributed by atoms with Gasteiger partial charge in [-0.2, -0.15) is 5.26 Å². The molecule has 0 heterocycles. The van der Waals surface area contributed by atoms with Crippen LogP contribution < -0.4 is 4.72 Å². The highest BCUT2D eigenvalue weighted by atomic mass is 32.2. The van der Waals surface area contributed by atoms with Crippen molar-refractivity contribution >= 4 is 10.0 Å². The van der Waals surface area contributed by atoms with Crippen LogP contribution in [0.25, 0.3) is 0 Å². The van der Waals surface area contributed by atoms with Gasteiger partial charge in [0.2, 0.25) is 10.0 Å². The summed E-state index contributed by atoms with van der Waals surface area (Å²) in [5, 5.41) is 8.75. The van der Waals surface area contributed by atoms with E-state index in [4.69, 9.17) is 5.26 Å². The largest absolute Gasteiger partial charge is 0.241 e. The summed E-state index contributed by atoms with van der Waals surface area (Å²) in [6, 6.07) is 8.00. The van der Waals surface area contributed by atoms with Gasteiger partial charge < -0.3 is 0 Å². The van der Waals surface area contributed by atoms with Crippen molar-refractivity contribution in [2.75, 3.05) is 0 Å². The lowest BCUT2D eigenvalue weighted by Crippen LogP contribution is -2.50. The van der Waals surface area contributed by atoms with Crippen LogP contribution >= 0.6 is 0 Å². The molecule has 0 aromatic heterocycles. The maximum atomic E-state index is 12.1. The second-order valence-corrected chi connectivity index (χ2v) is 6.34. The molecule has 2 rings (SSSR count). The summed E-state index contributed by atoms with van der Waals surface area (Å²) in [5.41, 5.74) is 0.0354. The van der Waals surface area contributed by atoms with Crippen molar-refractivity contribution < 1.29 is 8.42 Å². The van der Waals surface area contributed by atoms with Gasteiger partial charge in [0.15, 0.2) is 0 Å². The van der Waals surface area contributed by atoms with Crippen molar-refractivity contribution in [3.05, 3.63) is 29.8 Å². The quantitative estimate of drug-likeness (QED) is 0.889. The third-order valence-electron chi connectivity index (χ3n) is 3.11. The fourth-order valence-electron chi connectivity index (χ4n) is 1.93. The van der Waals surface area contributed by atoms with E-state index in [1.807, 2.05) is 13.0 Å². The Hall–Kier alpha value is -1.38. The Morgan fingerprint density at radius 1 is 1.41 bits per heavy atom. The molecular formula is C12H14N2O2S. The fourth-order valence-corrected chi connectivity index (χ4v) is 3.44. The van der Waals surface area contributed by atoms with Crippen LogP contribution in [0.3, 0.4) is 0 Å². The third kappa shape index (κ3) is 2.48. The van der Waals surface area contributed by atoms with Crippen LogP contribution in [0.1, 0.15) is 31.7 Å². The molecule has 1 saturated carbocycles. The zero-order chi connectivity index (χ0) is 12.5. The van der Waals surface area contributed by atoms with Crippen LogP contribution in [0.5, 0.6) is 0 Å². The zero-order valence-electron chi connectivity index (χ0n) is 9.60. The lowest BCUT2D eigenvalue weighted by molar-refractivity contribution is 0.248. The predicted molar refractivity (Wildman–Crippen MR) is 63.7 cm³/mol. The molecule has 1 aliphatic rings. The Morgan fingerprint density at radius 2 is 2.12 bits per heavy atom. The summed E-state index contributed by atoms with van der Waals surface area (Å²) in [6.07, 6.45) is 2.78. The SMILES string of the molecule is CC1(NS(=O)(=O)c2cccc(C#N)c2)CCC1. The summed E-state index contributed by atoms with van der Waals surface area (Å²) < 4.78 is 26.9.